The monoisotopic (exact) mass is 332 g/mol. The summed E-state index contributed by atoms with van der Waals surface area (Å²) in [7, 11) is 7.31. The van der Waals surface area contributed by atoms with E-state index in [0.29, 0.717) is 23.7 Å². The van der Waals surface area contributed by atoms with Crippen molar-refractivity contribution in [3.05, 3.63) is 41.7 Å². The Bertz CT molecular complexity index is 669. The number of amides is 1. The van der Waals surface area contributed by atoms with E-state index in [-0.39, 0.29) is 12.5 Å². The van der Waals surface area contributed by atoms with Crippen molar-refractivity contribution in [3.8, 4) is 11.5 Å². The number of aromatic amines is 1. The van der Waals surface area contributed by atoms with Crippen LogP contribution in [-0.4, -0.2) is 67.2 Å². The first kappa shape index (κ1) is 17.8. The van der Waals surface area contributed by atoms with Crippen LogP contribution in [0.15, 0.2) is 30.3 Å². The van der Waals surface area contributed by atoms with E-state index in [0.717, 1.165) is 12.2 Å². The molecule has 1 aromatic heterocycles. The molecule has 2 rings (SSSR count). The van der Waals surface area contributed by atoms with Crippen LogP contribution in [0.2, 0.25) is 0 Å². The molecule has 130 valence electrons. The van der Waals surface area contributed by atoms with Crippen LogP contribution < -0.4 is 9.47 Å². The van der Waals surface area contributed by atoms with E-state index in [1.165, 1.54) is 0 Å². The van der Waals surface area contributed by atoms with E-state index >= 15 is 0 Å². The minimum atomic E-state index is -0.114. The van der Waals surface area contributed by atoms with Crippen molar-refractivity contribution in [3.63, 3.8) is 0 Å². The number of benzene rings is 1. The van der Waals surface area contributed by atoms with Gasteiger partial charge in [-0.1, -0.05) is 12.1 Å². The summed E-state index contributed by atoms with van der Waals surface area (Å²) in [5.74, 6) is 1.19. The standard InChI is InChI=1S/C17H24N4O3/c1-20(2)9-10-21(3)17(22)14-11-13(18-19-14)12-24-16-8-6-5-7-15(16)23-4/h5-8,11H,9-10,12H2,1-4H3,(H,18,19). The van der Waals surface area contributed by atoms with Gasteiger partial charge < -0.3 is 19.3 Å². The van der Waals surface area contributed by atoms with E-state index in [9.17, 15) is 4.79 Å². The molecule has 0 atom stereocenters. The molecule has 0 aliphatic heterocycles. The minimum Gasteiger partial charge on any atom is -0.493 e. The second-order valence-electron chi connectivity index (χ2n) is 5.75. The predicted molar refractivity (Wildman–Crippen MR) is 91.4 cm³/mol. The quantitative estimate of drug-likeness (QED) is 0.796. The topological polar surface area (TPSA) is 70.7 Å². The number of nitrogens with one attached hydrogen (secondary N) is 1. The molecule has 0 bridgehead atoms. The van der Waals surface area contributed by atoms with Gasteiger partial charge in [0.2, 0.25) is 0 Å². The molecule has 0 aliphatic carbocycles. The normalized spacial score (nSPS) is 10.7. The summed E-state index contributed by atoms with van der Waals surface area (Å²) in [5, 5.41) is 6.92. The van der Waals surface area contributed by atoms with Crippen molar-refractivity contribution >= 4 is 5.91 Å². The third-order valence-corrected chi connectivity index (χ3v) is 3.53. The summed E-state index contributed by atoms with van der Waals surface area (Å²) >= 11 is 0. The molecular weight excluding hydrogens is 308 g/mol. The van der Waals surface area contributed by atoms with Gasteiger partial charge in [-0.05, 0) is 32.3 Å². The van der Waals surface area contributed by atoms with Gasteiger partial charge in [0.1, 0.15) is 6.61 Å². The minimum absolute atomic E-state index is 0.114. The maximum absolute atomic E-state index is 12.3. The van der Waals surface area contributed by atoms with Gasteiger partial charge in [-0.25, -0.2) is 0 Å². The van der Waals surface area contributed by atoms with Gasteiger partial charge in [0, 0.05) is 20.1 Å². The molecule has 0 aliphatic rings. The van der Waals surface area contributed by atoms with Gasteiger partial charge in [-0.3, -0.25) is 9.89 Å². The maximum Gasteiger partial charge on any atom is 0.274 e. The summed E-state index contributed by atoms with van der Waals surface area (Å²) in [6.07, 6.45) is 0. The Kier molecular flexibility index (Phi) is 6.20. The first-order valence-corrected chi connectivity index (χ1v) is 7.71. The first-order valence-electron chi connectivity index (χ1n) is 7.71. The number of para-hydroxylation sites is 2. The number of ether oxygens (including phenoxy) is 2. The van der Waals surface area contributed by atoms with Gasteiger partial charge in [-0.2, -0.15) is 5.10 Å². The summed E-state index contributed by atoms with van der Waals surface area (Å²) < 4.78 is 11.0. The lowest BCUT2D eigenvalue weighted by molar-refractivity contribution is 0.0780. The zero-order valence-electron chi connectivity index (χ0n) is 14.6. The maximum atomic E-state index is 12.3. The molecule has 0 fully saturated rings. The number of nitrogens with zero attached hydrogens (tertiary/aromatic N) is 3. The van der Waals surface area contributed by atoms with E-state index in [1.807, 2.05) is 43.3 Å². The highest BCUT2D eigenvalue weighted by Gasteiger charge is 2.15. The Labute approximate surface area is 142 Å². The van der Waals surface area contributed by atoms with E-state index < -0.39 is 0 Å². The lowest BCUT2D eigenvalue weighted by Crippen LogP contribution is -2.33. The number of rotatable bonds is 8. The summed E-state index contributed by atoms with van der Waals surface area (Å²) in [4.78, 5) is 16.0. The average molecular weight is 332 g/mol. The highest BCUT2D eigenvalue weighted by Crippen LogP contribution is 2.26. The van der Waals surface area contributed by atoms with Crippen LogP contribution in [0.3, 0.4) is 0 Å². The molecule has 0 radical (unpaired) electrons. The van der Waals surface area contributed by atoms with Crippen molar-refractivity contribution in [2.24, 2.45) is 0 Å². The molecule has 0 saturated carbocycles. The van der Waals surface area contributed by atoms with Gasteiger partial charge in [0.15, 0.2) is 17.2 Å². The Hall–Kier alpha value is -2.54. The second kappa shape index (κ2) is 8.35. The smallest absolute Gasteiger partial charge is 0.274 e. The molecule has 0 spiro atoms. The van der Waals surface area contributed by atoms with Crippen LogP contribution in [0.1, 0.15) is 16.2 Å². The van der Waals surface area contributed by atoms with Crippen molar-refractivity contribution in [2.45, 2.75) is 6.61 Å². The second-order valence-corrected chi connectivity index (χ2v) is 5.75. The molecule has 1 amide bonds. The van der Waals surface area contributed by atoms with Crippen LogP contribution in [0.5, 0.6) is 11.5 Å². The van der Waals surface area contributed by atoms with Crippen molar-refractivity contribution in [1.29, 1.82) is 0 Å². The molecule has 1 aromatic carbocycles. The predicted octanol–water partition coefficient (Wildman–Crippen LogP) is 1.63. The van der Waals surface area contributed by atoms with Crippen LogP contribution in [0.25, 0.3) is 0 Å². The lowest BCUT2D eigenvalue weighted by Gasteiger charge is -2.18. The highest BCUT2D eigenvalue weighted by atomic mass is 16.5. The molecule has 7 nitrogen and oxygen atoms in total. The number of aromatic nitrogens is 2. The van der Waals surface area contributed by atoms with Crippen molar-refractivity contribution < 1.29 is 14.3 Å². The van der Waals surface area contributed by atoms with Gasteiger partial charge >= 0.3 is 0 Å². The zero-order valence-corrected chi connectivity index (χ0v) is 14.6. The number of hydrogen-bond donors (Lipinski definition) is 1. The largest absolute Gasteiger partial charge is 0.493 e. The first-order chi connectivity index (χ1) is 11.5. The van der Waals surface area contributed by atoms with Gasteiger partial charge in [0.05, 0.1) is 12.8 Å². The molecule has 7 heteroatoms. The Balaban J connectivity index is 1.94. The summed E-state index contributed by atoms with van der Waals surface area (Å²) in [5.41, 5.74) is 1.11. The Morgan fingerprint density at radius 3 is 2.54 bits per heavy atom. The Morgan fingerprint density at radius 1 is 1.17 bits per heavy atom. The average Bonchev–Trinajstić information content (AvgIpc) is 3.06. The Morgan fingerprint density at radius 2 is 1.88 bits per heavy atom. The van der Waals surface area contributed by atoms with E-state index in [2.05, 4.69) is 10.2 Å². The number of likely N-dealkylation sites (N-methyl/N-ethyl adjacent to an activating group) is 2. The van der Waals surface area contributed by atoms with Crippen molar-refractivity contribution in [2.75, 3.05) is 41.3 Å². The molecule has 0 saturated heterocycles. The van der Waals surface area contributed by atoms with Crippen LogP contribution >= 0.6 is 0 Å². The molecule has 2 aromatic rings. The molecule has 1 N–H and O–H groups in total. The lowest BCUT2D eigenvalue weighted by atomic mass is 10.3. The molecule has 0 unspecified atom stereocenters. The fraction of sp³-hybridized carbons (Fsp3) is 0.412. The molecule has 24 heavy (non-hydrogen) atoms. The SMILES string of the molecule is COc1ccccc1OCc1cc(C(=O)N(C)CCN(C)C)n[nH]1. The number of H-pyrrole nitrogens is 1. The number of carbonyl (C=O) groups excluding carboxylic acids is 1. The summed E-state index contributed by atoms with van der Waals surface area (Å²) in [6.45, 7) is 1.73. The van der Waals surface area contributed by atoms with E-state index in [4.69, 9.17) is 9.47 Å². The number of hydrogen-bond acceptors (Lipinski definition) is 5. The van der Waals surface area contributed by atoms with Gasteiger partial charge in [0.25, 0.3) is 5.91 Å². The van der Waals surface area contributed by atoms with E-state index in [1.54, 1.807) is 25.1 Å². The third-order valence-electron chi connectivity index (χ3n) is 3.53. The molecule has 1 heterocycles. The number of carbonyl (C=O) groups is 1. The fourth-order valence-corrected chi connectivity index (χ4v) is 2.09. The third kappa shape index (κ3) is 4.73. The number of methoxy groups -OCH3 is 1. The van der Waals surface area contributed by atoms with Gasteiger partial charge in [-0.15, -0.1) is 0 Å². The fourth-order valence-electron chi connectivity index (χ4n) is 2.09. The summed E-state index contributed by atoms with van der Waals surface area (Å²) in [6, 6.07) is 9.12. The van der Waals surface area contributed by atoms with Crippen LogP contribution in [0, 0.1) is 0 Å². The molecular formula is C17H24N4O3. The van der Waals surface area contributed by atoms with Crippen LogP contribution in [-0.2, 0) is 6.61 Å². The van der Waals surface area contributed by atoms with Crippen LogP contribution in [0.4, 0.5) is 0 Å². The zero-order chi connectivity index (χ0) is 17.5. The van der Waals surface area contributed by atoms with Crippen molar-refractivity contribution in [1.82, 2.24) is 20.0 Å². The highest BCUT2D eigenvalue weighted by molar-refractivity contribution is 5.92.